The van der Waals surface area contributed by atoms with Crippen molar-refractivity contribution in [3.8, 4) is 0 Å². The van der Waals surface area contributed by atoms with Crippen molar-refractivity contribution >= 4 is 17.7 Å². The highest BCUT2D eigenvalue weighted by atomic mass is 32.2. The largest absolute Gasteiger partial charge is 0.481 e. The molecule has 2 unspecified atom stereocenters. The van der Waals surface area contributed by atoms with Crippen LogP contribution in [0.3, 0.4) is 0 Å². The van der Waals surface area contributed by atoms with E-state index in [0.717, 1.165) is 13.0 Å². The average Bonchev–Trinajstić information content (AvgIpc) is 2.93. The minimum absolute atomic E-state index is 0.158. The molecule has 1 aromatic carbocycles. The molecule has 0 radical (unpaired) electrons. The molecule has 0 saturated carbocycles. The highest BCUT2D eigenvalue weighted by Crippen LogP contribution is 2.41. The number of carbonyl (C=O) groups is 1. The lowest BCUT2D eigenvalue weighted by Gasteiger charge is -2.31. The Labute approximate surface area is 131 Å². The first kappa shape index (κ1) is 16.4. The second kappa shape index (κ2) is 6.41. The summed E-state index contributed by atoms with van der Waals surface area (Å²) in [5.74, 6) is -0.490. The van der Waals surface area contributed by atoms with Crippen LogP contribution in [0.4, 0.5) is 0 Å². The van der Waals surface area contributed by atoms with Crippen molar-refractivity contribution in [1.29, 1.82) is 0 Å². The van der Waals surface area contributed by atoms with Crippen LogP contribution in [0.25, 0.3) is 0 Å². The van der Waals surface area contributed by atoms with Crippen molar-refractivity contribution in [3.63, 3.8) is 0 Å². The lowest BCUT2D eigenvalue weighted by Crippen LogP contribution is -2.39. The van der Waals surface area contributed by atoms with Crippen molar-refractivity contribution in [2.75, 3.05) is 19.3 Å². The summed E-state index contributed by atoms with van der Waals surface area (Å²) in [5.41, 5.74) is 0.672. The molecule has 1 saturated heterocycles. The molecule has 3 nitrogen and oxygen atoms in total. The molecule has 0 aromatic heterocycles. The number of benzene rings is 1. The van der Waals surface area contributed by atoms with Crippen molar-refractivity contribution < 1.29 is 9.90 Å². The van der Waals surface area contributed by atoms with E-state index in [4.69, 9.17) is 0 Å². The van der Waals surface area contributed by atoms with Gasteiger partial charge in [-0.05, 0) is 49.8 Å². The first-order valence-electron chi connectivity index (χ1n) is 7.52. The molecule has 1 fully saturated rings. The summed E-state index contributed by atoms with van der Waals surface area (Å²) < 4.78 is 0. The Morgan fingerprint density at radius 2 is 1.90 bits per heavy atom. The van der Waals surface area contributed by atoms with Crippen LogP contribution in [0.1, 0.15) is 38.8 Å². The lowest BCUT2D eigenvalue weighted by molar-refractivity contribution is -0.151. The molecule has 1 N–H and O–H groups in total. The number of hydrogen-bond acceptors (Lipinski definition) is 3. The van der Waals surface area contributed by atoms with Gasteiger partial charge < -0.3 is 5.11 Å². The molecule has 116 valence electrons. The van der Waals surface area contributed by atoms with Crippen molar-refractivity contribution in [3.05, 3.63) is 29.8 Å². The maximum atomic E-state index is 11.7. The van der Waals surface area contributed by atoms with Crippen LogP contribution in [0, 0.1) is 11.3 Å². The third-order valence-electron chi connectivity index (χ3n) is 5.01. The van der Waals surface area contributed by atoms with Crippen LogP contribution in [0.15, 0.2) is 29.2 Å². The Balaban J connectivity index is 2.14. The molecule has 0 aliphatic carbocycles. The minimum atomic E-state index is -0.648. The molecule has 2 atom stereocenters. The van der Waals surface area contributed by atoms with Gasteiger partial charge in [0.2, 0.25) is 0 Å². The van der Waals surface area contributed by atoms with Gasteiger partial charge in [0.25, 0.3) is 0 Å². The quantitative estimate of drug-likeness (QED) is 0.838. The Morgan fingerprint density at radius 3 is 2.33 bits per heavy atom. The summed E-state index contributed by atoms with van der Waals surface area (Å²) in [6.07, 6.45) is 2.82. The van der Waals surface area contributed by atoms with Crippen LogP contribution >= 0.6 is 11.8 Å². The van der Waals surface area contributed by atoms with Gasteiger partial charge in [-0.2, -0.15) is 0 Å². The third kappa shape index (κ3) is 3.11. The van der Waals surface area contributed by atoms with E-state index in [2.05, 4.69) is 42.3 Å². The summed E-state index contributed by atoms with van der Waals surface area (Å²) in [4.78, 5) is 15.3. The maximum absolute atomic E-state index is 11.7. The fraction of sp³-hybridized carbons (Fsp3) is 0.588. The predicted molar refractivity (Wildman–Crippen MR) is 87.7 cm³/mol. The number of aliphatic carboxylic acids is 1. The number of thioether (sulfide) groups is 1. The predicted octanol–water partition coefficient (Wildman–Crippen LogP) is 3.90. The third-order valence-corrected chi connectivity index (χ3v) is 5.75. The highest BCUT2D eigenvalue weighted by Gasteiger charge is 2.48. The van der Waals surface area contributed by atoms with E-state index in [1.54, 1.807) is 11.8 Å². The molecule has 1 aliphatic heterocycles. The zero-order valence-electron chi connectivity index (χ0n) is 13.3. The standard InChI is InChI=1S/C17H25NO2S/c1-12(2)17(16(19)20)9-10-18(11-17)13(3)14-5-7-15(21-4)8-6-14/h5-8,12-13H,9-11H2,1-4H3,(H,19,20). The molecule has 1 aromatic rings. The number of hydrogen-bond donors (Lipinski definition) is 1. The molecule has 0 spiro atoms. The molecule has 0 bridgehead atoms. The van der Waals surface area contributed by atoms with E-state index in [0.29, 0.717) is 6.54 Å². The fourth-order valence-corrected chi connectivity index (χ4v) is 3.59. The van der Waals surface area contributed by atoms with Crippen LogP contribution in [-0.2, 0) is 4.79 Å². The molecule has 0 amide bonds. The lowest BCUT2D eigenvalue weighted by atomic mass is 9.76. The second-order valence-electron chi connectivity index (χ2n) is 6.29. The first-order chi connectivity index (χ1) is 9.90. The van der Waals surface area contributed by atoms with Gasteiger partial charge in [-0.15, -0.1) is 11.8 Å². The Morgan fingerprint density at radius 1 is 1.29 bits per heavy atom. The van der Waals surface area contributed by atoms with Crippen LogP contribution in [-0.4, -0.2) is 35.3 Å². The van der Waals surface area contributed by atoms with Crippen LogP contribution in [0.2, 0.25) is 0 Å². The van der Waals surface area contributed by atoms with Crippen molar-refractivity contribution in [2.24, 2.45) is 11.3 Å². The summed E-state index contributed by atoms with van der Waals surface area (Å²) in [6.45, 7) is 7.72. The number of likely N-dealkylation sites (tertiary alicyclic amines) is 1. The van der Waals surface area contributed by atoms with Gasteiger partial charge in [-0.1, -0.05) is 26.0 Å². The Bertz CT molecular complexity index is 500. The Kier molecular flexibility index (Phi) is 4.99. The molecule has 1 heterocycles. The monoisotopic (exact) mass is 307 g/mol. The zero-order chi connectivity index (χ0) is 15.6. The van der Waals surface area contributed by atoms with E-state index >= 15 is 0 Å². The first-order valence-corrected chi connectivity index (χ1v) is 8.74. The summed E-state index contributed by atoms with van der Waals surface area (Å²) in [7, 11) is 0. The summed E-state index contributed by atoms with van der Waals surface area (Å²) >= 11 is 1.74. The van der Waals surface area contributed by atoms with Gasteiger partial charge in [0.15, 0.2) is 0 Å². The molecule has 4 heteroatoms. The number of carboxylic acids is 1. The van der Waals surface area contributed by atoms with Gasteiger partial charge in [0.05, 0.1) is 5.41 Å². The van der Waals surface area contributed by atoms with Gasteiger partial charge >= 0.3 is 5.97 Å². The average molecular weight is 307 g/mol. The van der Waals surface area contributed by atoms with Gasteiger partial charge in [-0.25, -0.2) is 0 Å². The summed E-state index contributed by atoms with van der Waals surface area (Å²) in [6, 6.07) is 8.86. The number of rotatable bonds is 5. The van der Waals surface area contributed by atoms with Crippen molar-refractivity contribution in [2.45, 2.75) is 38.1 Å². The van der Waals surface area contributed by atoms with Gasteiger partial charge in [0.1, 0.15) is 0 Å². The molecular weight excluding hydrogens is 282 g/mol. The SMILES string of the molecule is CSc1ccc(C(C)N2CCC(C(=O)O)(C(C)C)C2)cc1. The van der Waals surface area contributed by atoms with Crippen LogP contribution < -0.4 is 0 Å². The topological polar surface area (TPSA) is 40.5 Å². The van der Waals surface area contributed by atoms with E-state index < -0.39 is 11.4 Å². The van der Waals surface area contributed by atoms with E-state index in [1.165, 1.54) is 10.5 Å². The van der Waals surface area contributed by atoms with E-state index in [9.17, 15) is 9.90 Å². The zero-order valence-corrected chi connectivity index (χ0v) is 14.1. The maximum Gasteiger partial charge on any atom is 0.311 e. The smallest absolute Gasteiger partial charge is 0.311 e. The minimum Gasteiger partial charge on any atom is -0.481 e. The summed E-state index contributed by atoms with van der Waals surface area (Å²) in [5, 5.41) is 9.64. The van der Waals surface area contributed by atoms with E-state index in [-0.39, 0.29) is 12.0 Å². The number of carboxylic acid groups (broad SMARTS) is 1. The van der Waals surface area contributed by atoms with Gasteiger partial charge in [0, 0.05) is 17.5 Å². The van der Waals surface area contributed by atoms with Crippen molar-refractivity contribution in [1.82, 2.24) is 4.90 Å². The van der Waals surface area contributed by atoms with Gasteiger partial charge in [-0.3, -0.25) is 9.69 Å². The van der Waals surface area contributed by atoms with Crippen LogP contribution in [0.5, 0.6) is 0 Å². The fourth-order valence-electron chi connectivity index (χ4n) is 3.18. The normalized spacial score (nSPS) is 24.4. The second-order valence-corrected chi connectivity index (χ2v) is 7.17. The molecule has 1 aliphatic rings. The number of nitrogens with zero attached hydrogens (tertiary/aromatic N) is 1. The molecule has 2 rings (SSSR count). The van der Waals surface area contributed by atoms with E-state index in [1.807, 2.05) is 13.8 Å². The molecular formula is C17H25NO2S. The molecule has 21 heavy (non-hydrogen) atoms. The highest BCUT2D eigenvalue weighted by molar-refractivity contribution is 7.98. The Hall–Kier alpha value is -1.00.